The topological polar surface area (TPSA) is 30.0 Å². The standard InChI is InChI=1S/C14H11BrFNO/c1-9-6-11(4-5-17-9)14(18)8-10-2-3-13(16)12(15)7-10/h2-7H,8H2,1H3. The Morgan fingerprint density at radius 2 is 2.11 bits per heavy atom. The molecule has 0 bridgehead atoms. The van der Waals surface area contributed by atoms with E-state index in [0.717, 1.165) is 11.3 Å². The van der Waals surface area contributed by atoms with Crippen molar-refractivity contribution in [1.29, 1.82) is 0 Å². The lowest BCUT2D eigenvalue weighted by Gasteiger charge is -2.03. The average Bonchev–Trinajstić information content (AvgIpc) is 2.34. The van der Waals surface area contributed by atoms with Crippen LogP contribution in [0.3, 0.4) is 0 Å². The molecule has 0 radical (unpaired) electrons. The average molecular weight is 308 g/mol. The second-order valence-corrected chi connectivity index (χ2v) is 4.89. The molecule has 1 aromatic heterocycles. The molecule has 0 spiro atoms. The van der Waals surface area contributed by atoms with Crippen LogP contribution >= 0.6 is 15.9 Å². The van der Waals surface area contributed by atoms with Gasteiger partial charge in [0.25, 0.3) is 0 Å². The van der Waals surface area contributed by atoms with Crippen molar-refractivity contribution < 1.29 is 9.18 Å². The maximum Gasteiger partial charge on any atom is 0.167 e. The van der Waals surface area contributed by atoms with Gasteiger partial charge >= 0.3 is 0 Å². The van der Waals surface area contributed by atoms with Gasteiger partial charge in [0.1, 0.15) is 5.82 Å². The highest BCUT2D eigenvalue weighted by Gasteiger charge is 2.09. The number of nitrogens with zero attached hydrogens (tertiary/aromatic N) is 1. The Morgan fingerprint density at radius 1 is 1.33 bits per heavy atom. The lowest BCUT2D eigenvalue weighted by Crippen LogP contribution is -2.04. The van der Waals surface area contributed by atoms with Crippen molar-refractivity contribution in [1.82, 2.24) is 4.98 Å². The van der Waals surface area contributed by atoms with Gasteiger partial charge in [0.2, 0.25) is 0 Å². The fraction of sp³-hybridized carbons (Fsp3) is 0.143. The number of Topliss-reactive ketones (excluding diaryl/α,β-unsaturated/α-hetero) is 1. The number of pyridine rings is 1. The summed E-state index contributed by atoms with van der Waals surface area (Å²) in [4.78, 5) is 16.1. The first-order valence-electron chi connectivity index (χ1n) is 5.46. The molecular formula is C14H11BrFNO. The van der Waals surface area contributed by atoms with Crippen molar-refractivity contribution in [2.24, 2.45) is 0 Å². The third-order valence-corrected chi connectivity index (χ3v) is 3.18. The second-order valence-electron chi connectivity index (χ2n) is 4.03. The first-order valence-corrected chi connectivity index (χ1v) is 6.25. The van der Waals surface area contributed by atoms with Crippen molar-refractivity contribution in [3.8, 4) is 0 Å². The summed E-state index contributed by atoms with van der Waals surface area (Å²) in [5.41, 5.74) is 2.21. The monoisotopic (exact) mass is 307 g/mol. The fourth-order valence-corrected chi connectivity index (χ4v) is 2.08. The maximum atomic E-state index is 13.1. The van der Waals surface area contributed by atoms with Gasteiger partial charge in [-0.2, -0.15) is 0 Å². The van der Waals surface area contributed by atoms with Crippen LogP contribution < -0.4 is 0 Å². The number of carbonyl (C=O) groups excluding carboxylic acids is 1. The number of carbonyl (C=O) groups is 1. The third-order valence-electron chi connectivity index (χ3n) is 2.57. The van der Waals surface area contributed by atoms with E-state index in [2.05, 4.69) is 20.9 Å². The minimum absolute atomic E-state index is 0.000918. The number of aryl methyl sites for hydroxylation is 1. The van der Waals surface area contributed by atoms with E-state index in [9.17, 15) is 9.18 Å². The molecule has 4 heteroatoms. The Morgan fingerprint density at radius 3 is 2.78 bits per heavy atom. The van der Waals surface area contributed by atoms with Crippen molar-refractivity contribution in [2.75, 3.05) is 0 Å². The molecule has 2 nitrogen and oxygen atoms in total. The highest BCUT2D eigenvalue weighted by molar-refractivity contribution is 9.10. The fourth-order valence-electron chi connectivity index (χ4n) is 1.66. The molecule has 0 aliphatic carbocycles. The molecule has 0 amide bonds. The first-order chi connectivity index (χ1) is 8.56. The molecule has 0 N–H and O–H groups in total. The van der Waals surface area contributed by atoms with Crippen LogP contribution in [0.5, 0.6) is 0 Å². The second kappa shape index (κ2) is 5.40. The van der Waals surface area contributed by atoms with Gasteiger partial charge < -0.3 is 0 Å². The smallest absolute Gasteiger partial charge is 0.167 e. The summed E-state index contributed by atoms with van der Waals surface area (Å²) in [7, 11) is 0. The zero-order valence-corrected chi connectivity index (χ0v) is 11.4. The van der Waals surface area contributed by atoms with Crippen molar-refractivity contribution in [3.63, 3.8) is 0 Å². The predicted molar refractivity (Wildman–Crippen MR) is 71.1 cm³/mol. The summed E-state index contributed by atoms with van der Waals surface area (Å²) in [6, 6.07) is 8.03. The van der Waals surface area contributed by atoms with Crippen molar-refractivity contribution in [2.45, 2.75) is 13.3 Å². The number of hydrogen-bond acceptors (Lipinski definition) is 2. The summed E-state index contributed by atoms with van der Waals surface area (Å²) in [5.74, 6) is -0.329. The zero-order valence-electron chi connectivity index (χ0n) is 9.78. The van der Waals surface area contributed by atoms with E-state index in [4.69, 9.17) is 0 Å². The van der Waals surface area contributed by atoms with Gasteiger partial charge in [0, 0.05) is 23.9 Å². The molecule has 1 aromatic carbocycles. The van der Waals surface area contributed by atoms with Crippen LogP contribution in [0.2, 0.25) is 0 Å². The Kier molecular flexibility index (Phi) is 3.87. The zero-order chi connectivity index (χ0) is 13.1. The van der Waals surface area contributed by atoms with E-state index >= 15 is 0 Å². The summed E-state index contributed by atoms with van der Waals surface area (Å²) < 4.78 is 13.4. The predicted octanol–water partition coefficient (Wildman–Crippen LogP) is 3.72. The van der Waals surface area contributed by atoms with Crippen LogP contribution in [0.15, 0.2) is 41.0 Å². The molecule has 0 saturated heterocycles. The Hall–Kier alpha value is -1.55. The molecule has 18 heavy (non-hydrogen) atoms. The van der Waals surface area contributed by atoms with E-state index in [1.165, 1.54) is 6.07 Å². The molecule has 2 rings (SSSR count). The van der Waals surface area contributed by atoms with Crippen LogP contribution in [0, 0.1) is 12.7 Å². The van der Waals surface area contributed by atoms with Crippen LogP contribution in [0.1, 0.15) is 21.6 Å². The molecular weight excluding hydrogens is 297 g/mol. The van der Waals surface area contributed by atoms with Gasteiger partial charge in [0.15, 0.2) is 5.78 Å². The van der Waals surface area contributed by atoms with E-state index in [0.29, 0.717) is 10.0 Å². The van der Waals surface area contributed by atoms with E-state index in [1.807, 2.05) is 6.92 Å². The van der Waals surface area contributed by atoms with E-state index in [-0.39, 0.29) is 18.0 Å². The van der Waals surface area contributed by atoms with Crippen LogP contribution in [0.4, 0.5) is 4.39 Å². The van der Waals surface area contributed by atoms with Gasteiger partial charge in [-0.05, 0) is 52.7 Å². The maximum absolute atomic E-state index is 13.1. The number of aromatic nitrogens is 1. The van der Waals surface area contributed by atoms with Crippen LogP contribution in [0.25, 0.3) is 0 Å². The van der Waals surface area contributed by atoms with Crippen LogP contribution in [-0.4, -0.2) is 10.8 Å². The SMILES string of the molecule is Cc1cc(C(=O)Cc2ccc(F)c(Br)c2)ccn1. The van der Waals surface area contributed by atoms with Gasteiger partial charge in [-0.25, -0.2) is 4.39 Å². The summed E-state index contributed by atoms with van der Waals surface area (Å²) >= 11 is 3.11. The number of ketones is 1. The van der Waals surface area contributed by atoms with Gasteiger partial charge in [-0.1, -0.05) is 6.07 Å². The lowest BCUT2D eigenvalue weighted by molar-refractivity contribution is 0.0992. The Bertz CT molecular complexity index is 598. The minimum atomic E-state index is -0.328. The highest BCUT2D eigenvalue weighted by Crippen LogP contribution is 2.18. The Labute approximate surface area is 113 Å². The summed E-state index contributed by atoms with van der Waals surface area (Å²) in [6.45, 7) is 1.84. The molecule has 1 heterocycles. The lowest BCUT2D eigenvalue weighted by atomic mass is 10.0. The van der Waals surface area contributed by atoms with Crippen molar-refractivity contribution in [3.05, 3.63) is 63.6 Å². The number of rotatable bonds is 3. The van der Waals surface area contributed by atoms with Crippen molar-refractivity contribution >= 4 is 21.7 Å². The minimum Gasteiger partial charge on any atom is -0.294 e. The molecule has 0 aliphatic heterocycles. The molecule has 92 valence electrons. The molecule has 0 unspecified atom stereocenters. The normalized spacial score (nSPS) is 10.4. The molecule has 0 atom stereocenters. The third kappa shape index (κ3) is 3.01. The van der Waals surface area contributed by atoms with E-state index in [1.54, 1.807) is 30.5 Å². The van der Waals surface area contributed by atoms with Gasteiger partial charge in [0.05, 0.1) is 4.47 Å². The Balaban J connectivity index is 2.18. The molecule has 2 aromatic rings. The molecule has 0 saturated carbocycles. The van der Waals surface area contributed by atoms with Gasteiger partial charge in [-0.15, -0.1) is 0 Å². The number of benzene rings is 1. The van der Waals surface area contributed by atoms with Crippen LogP contribution in [-0.2, 0) is 6.42 Å². The summed E-state index contributed by atoms with van der Waals surface area (Å²) in [5, 5.41) is 0. The summed E-state index contributed by atoms with van der Waals surface area (Å²) in [6.07, 6.45) is 1.87. The quantitative estimate of drug-likeness (QED) is 0.809. The van der Waals surface area contributed by atoms with Gasteiger partial charge in [-0.3, -0.25) is 9.78 Å². The number of hydrogen-bond donors (Lipinski definition) is 0. The first kappa shape index (κ1) is 12.9. The largest absolute Gasteiger partial charge is 0.294 e. The highest BCUT2D eigenvalue weighted by atomic mass is 79.9. The molecule has 0 aliphatic rings. The molecule has 0 fully saturated rings. The number of halogens is 2. The van der Waals surface area contributed by atoms with E-state index < -0.39 is 0 Å².